The van der Waals surface area contributed by atoms with E-state index in [9.17, 15) is 5.11 Å². The van der Waals surface area contributed by atoms with Crippen LogP contribution in [0.3, 0.4) is 0 Å². The molecule has 0 spiro atoms. The van der Waals surface area contributed by atoms with Crippen molar-refractivity contribution in [3.63, 3.8) is 0 Å². The van der Waals surface area contributed by atoms with Crippen molar-refractivity contribution >= 4 is 22.9 Å². The van der Waals surface area contributed by atoms with E-state index in [1.807, 2.05) is 6.07 Å². The summed E-state index contributed by atoms with van der Waals surface area (Å²) in [5.41, 5.74) is 2.17. The Hall–Kier alpha value is -1.99. The van der Waals surface area contributed by atoms with Crippen molar-refractivity contribution in [3.8, 4) is 0 Å². The quantitative estimate of drug-likeness (QED) is 0.709. The van der Waals surface area contributed by atoms with Crippen molar-refractivity contribution in [2.24, 2.45) is 0 Å². The number of nitrogens with one attached hydrogen (secondary N) is 1. The molecular formula is C12H11N5OS. The second-order valence-electron chi connectivity index (χ2n) is 3.96. The SMILES string of the molecule is CC(O)c1cccnc1Sc1ncnc2nc[nH]c12. The van der Waals surface area contributed by atoms with Crippen LogP contribution in [0.2, 0.25) is 0 Å². The number of hydrogen-bond acceptors (Lipinski definition) is 6. The molecule has 0 aromatic carbocycles. The van der Waals surface area contributed by atoms with Crippen LogP contribution in [0.15, 0.2) is 41.0 Å². The molecule has 0 aliphatic carbocycles. The van der Waals surface area contributed by atoms with Crippen LogP contribution < -0.4 is 0 Å². The Morgan fingerprint density at radius 2 is 2.11 bits per heavy atom. The highest BCUT2D eigenvalue weighted by molar-refractivity contribution is 7.99. The molecule has 3 heterocycles. The zero-order valence-electron chi connectivity index (χ0n) is 10.1. The molecule has 7 heteroatoms. The number of pyridine rings is 1. The maximum Gasteiger partial charge on any atom is 0.181 e. The largest absolute Gasteiger partial charge is 0.389 e. The van der Waals surface area contributed by atoms with Gasteiger partial charge in [0.25, 0.3) is 0 Å². The first kappa shape index (κ1) is 12.1. The second kappa shape index (κ2) is 4.94. The van der Waals surface area contributed by atoms with E-state index in [1.165, 1.54) is 18.1 Å². The van der Waals surface area contributed by atoms with Gasteiger partial charge in [-0.1, -0.05) is 6.07 Å². The molecule has 1 atom stereocenters. The van der Waals surface area contributed by atoms with E-state index >= 15 is 0 Å². The van der Waals surface area contributed by atoms with Crippen LogP contribution in [0.4, 0.5) is 0 Å². The fraction of sp³-hybridized carbons (Fsp3) is 0.167. The standard InChI is InChI=1S/C12H11N5OS/c1-7(18)8-3-2-4-13-11(8)19-12-9-10(15-5-14-9)16-6-17-12/h2-7,18H,1H3,(H,14,15,16,17). The average Bonchev–Trinajstić information content (AvgIpc) is 2.88. The molecule has 0 bridgehead atoms. The summed E-state index contributed by atoms with van der Waals surface area (Å²) in [5, 5.41) is 11.2. The van der Waals surface area contributed by atoms with Gasteiger partial charge in [0.2, 0.25) is 0 Å². The Morgan fingerprint density at radius 3 is 2.95 bits per heavy atom. The van der Waals surface area contributed by atoms with Crippen molar-refractivity contribution in [2.75, 3.05) is 0 Å². The summed E-state index contributed by atoms with van der Waals surface area (Å²) >= 11 is 1.38. The lowest BCUT2D eigenvalue weighted by atomic mass is 10.2. The van der Waals surface area contributed by atoms with Gasteiger partial charge < -0.3 is 10.1 Å². The van der Waals surface area contributed by atoms with Gasteiger partial charge >= 0.3 is 0 Å². The minimum Gasteiger partial charge on any atom is -0.389 e. The molecule has 0 aliphatic heterocycles. The molecule has 0 fully saturated rings. The molecule has 3 rings (SSSR count). The molecule has 0 aliphatic rings. The zero-order valence-corrected chi connectivity index (χ0v) is 10.9. The highest BCUT2D eigenvalue weighted by atomic mass is 32.2. The van der Waals surface area contributed by atoms with Gasteiger partial charge in [-0.15, -0.1) is 0 Å². The molecule has 1 unspecified atom stereocenters. The summed E-state index contributed by atoms with van der Waals surface area (Å²) in [7, 11) is 0. The molecule has 0 saturated heterocycles. The Morgan fingerprint density at radius 1 is 1.21 bits per heavy atom. The minimum atomic E-state index is -0.574. The van der Waals surface area contributed by atoms with Gasteiger partial charge in [-0.2, -0.15) is 0 Å². The van der Waals surface area contributed by atoms with Crippen LogP contribution in [0.1, 0.15) is 18.6 Å². The lowest BCUT2D eigenvalue weighted by Gasteiger charge is -2.09. The van der Waals surface area contributed by atoms with E-state index < -0.39 is 6.10 Å². The predicted octanol–water partition coefficient (Wildman–Crippen LogP) is 1.95. The Bertz CT molecular complexity index is 712. The highest BCUT2D eigenvalue weighted by Crippen LogP contribution is 2.32. The van der Waals surface area contributed by atoms with Crippen LogP contribution in [-0.4, -0.2) is 30.0 Å². The molecule has 3 aromatic heterocycles. The number of aliphatic hydroxyl groups excluding tert-OH is 1. The number of fused-ring (bicyclic) bond motifs is 1. The first-order chi connectivity index (χ1) is 9.25. The monoisotopic (exact) mass is 273 g/mol. The third-order valence-corrected chi connectivity index (χ3v) is 3.67. The lowest BCUT2D eigenvalue weighted by molar-refractivity contribution is 0.195. The third kappa shape index (κ3) is 2.29. The molecule has 0 amide bonds. The van der Waals surface area contributed by atoms with Crippen LogP contribution >= 0.6 is 11.8 Å². The van der Waals surface area contributed by atoms with E-state index in [0.29, 0.717) is 5.65 Å². The van der Waals surface area contributed by atoms with Gasteiger partial charge in [-0.3, -0.25) is 0 Å². The van der Waals surface area contributed by atoms with E-state index in [4.69, 9.17) is 0 Å². The maximum atomic E-state index is 9.75. The summed E-state index contributed by atoms with van der Waals surface area (Å²) in [6.45, 7) is 1.72. The van der Waals surface area contributed by atoms with Gasteiger partial charge in [0.05, 0.1) is 12.4 Å². The van der Waals surface area contributed by atoms with Gasteiger partial charge in [0.1, 0.15) is 21.9 Å². The van der Waals surface area contributed by atoms with Crippen molar-refractivity contribution < 1.29 is 5.11 Å². The van der Waals surface area contributed by atoms with E-state index in [1.54, 1.807) is 25.5 Å². The summed E-state index contributed by atoms with van der Waals surface area (Å²) < 4.78 is 0. The topological polar surface area (TPSA) is 87.6 Å². The van der Waals surface area contributed by atoms with Crippen molar-refractivity contribution in [2.45, 2.75) is 23.1 Å². The summed E-state index contributed by atoms with van der Waals surface area (Å²) in [5.74, 6) is 0. The molecular weight excluding hydrogens is 262 g/mol. The number of aromatic amines is 1. The third-order valence-electron chi connectivity index (χ3n) is 2.63. The number of nitrogens with zero attached hydrogens (tertiary/aromatic N) is 4. The van der Waals surface area contributed by atoms with Crippen LogP contribution in [0, 0.1) is 0 Å². The molecule has 96 valence electrons. The van der Waals surface area contributed by atoms with Crippen molar-refractivity contribution in [3.05, 3.63) is 36.5 Å². The van der Waals surface area contributed by atoms with Crippen LogP contribution in [-0.2, 0) is 0 Å². The first-order valence-corrected chi connectivity index (χ1v) is 6.52. The number of H-pyrrole nitrogens is 1. The zero-order chi connectivity index (χ0) is 13.2. The molecule has 0 radical (unpaired) electrons. The fourth-order valence-corrected chi connectivity index (χ4v) is 2.72. The predicted molar refractivity (Wildman–Crippen MR) is 70.7 cm³/mol. The Balaban J connectivity index is 2.04. The summed E-state index contributed by atoms with van der Waals surface area (Å²) in [4.78, 5) is 19.7. The molecule has 19 heavy (non-hydrogen) atoms. The molecule has 0 saturated carbocycles. The molecule has 6 nitrogen and oxygen atoms in total. The van der Waals surface area contributed by atoms with Gasteiger partial charge in [0.15, 0.2) is 5.65 Å². The lowest BCUT2D eigenvalue weighted by Crippen LogP contribution is -1.96. The highest BCUT2D eigenvalue weighted by Gasteiger charge is 2.13. The minimum absolute atomic E-state index is 0.574. The number of aromatic nitrogens is 5. The Kier molecular flexibility index (Phi) is 3.14. The maximum absolute atomic E-state index is 9.75. The van der Waals surface area contributed by atoms with Crippen LogP contribution in [0.25, 0.3) is 11.2 Å². The summed E-state index contributed by atoms with van der Waals surface area (Å²) in [6.07, 6.45) is 4.17. The smallest absolute Gasteiger partial charge is 0.181 e. The van der Waals surface area contributed by atoms with Crippen LogP contribution in [0.5, 0.6) is 0 Å². The normalized spacial score (nSPS) is 12.7. The van der Waals surface area contributed by atoms with Crippen molar-refractivity contribution in [1.29, 1.82) is 0 Å². The Labute approximate surface area is 113 Å². The number of imidazole rings is 1. The van der Waals surface area contributed by atoms with Gasteiger partial charge in [0, 0.05) is 11.8 Å². The van der Waals surface area contributed by atoms with Crippen molar-refractivity contribution in [1.82, 2.24) is 24.9 Å². The number of aliphatic hydroxyl groups is 1. The second-order valence-corrected chi connectivity index (χ2v) is 4.93. The first-order valence-electron chi connectivity index (χ1n) is 5.70. The molecule has 2 N–H and O–H groups in total. The van der Waals surface area contributed by atoms with E-state index in [-0.39, 0.29) is 0 Å². The average molecular weight is 273 g/mol. The fourth-order valence-electron chi connectivity index (χ4n) is 1.72. The van der Waals surface area contributed by atoms with E-state index in [0.717, 1.165) is 21.1 Å². The molecule has 3 aromatic rings. The van der Waals surface area contributed by atoms with Gasteiger partial charge in [-0.05, 0) is 24.8 Å². The number of rotatable bonds is 3. The van der Waals surface area contributed by atoms with Gasteiger partial charge in [-0.25, -0.2) is 19.9 Å². The van der Waals surface area contributed by atoms with E-state index in [2.05, 4.69) is 24.9 Å². The number of hydrogen-bond donors (Lipinski definition) is 2. The summed E-state index contributed by atoms with van der Waals surface area (Å²) in [6, 6.07) is 3.66.